The first-order valence-corrected chi connectivity index (χ1v) is 6.03. The number of rotatable bonds is 0. The van der Waals surface area contributed by atoms with Crippen molar-refractivity contribution in [2.24, 2.45) is 17.8 Å². The number of Topliss-reactive ketones (excluding diaryl/α,β-unsaturated/α-hetero) is 1. The third kappa shape index (κ3) is 1.29. The van der Waals surface area contributed by atoms with E-state index in [0.717, 1.165) is 38.9 Å². The van der Waals surface area contributed by atoms with E-state index in [1.165, 1.54) is 0 Å². The summed E-state index contributed by atoms with van der Waals surface area (Å²) in [5.41, 5.74) is 0. The van der Waals surface area contributed by atoms with E-state index in [1.807, 2.05) is 0 Å². The topological polar surface area (TPSA) is 35.5 Å². The molecule has 0 radical (unpaired) electrons. The van der Waals surface area contributed by atoms with Crippen LogP contribution in [0.2, 0.25) is 0 Å². The molecule has 15 heavy (non-hydrogen) atoms. The highest BCUT2D eigenvalue weighted by Gasteiger charge is 2.54. The zero-order chi connectivity index (χ0) is 10.5. The molecule has 0 N–H and O–H groups in total. The molecule has 3 heteroatoms. The van der Waals surface area contributed by atoms with Crippen molar-refractivity contribution in [1.29, 1.82) is 0 Å². The van der Waals surface area contributed by atoms with Gasteiger partial charge in [0.25, 0.3) is 0 Å². The van der Waals surface area contributed by atoms with Gasteiger partial charge in [-0.05, 0) is 18.8 Å². The fraction of sp³-hybridized carbons (Fsp3) is 0.917. The van der Waals surface area contributed by atoms with Gasteiger partial charge in [0.1, 0.15) is 5.78 Å². The lowest BCUT2D eigenvalue weighted by Gasteiger charge is -2.43. The van der Waals surface area contributed by atoms with Crippen LogP contribution in [-0.4, -0.2) is 24.8 Å². The molecule has 1 heterocycles. The van der Waals surface area contributed by atoms with Gasteiger partial charge >= 0.3 is 0 Å². The van der Waals surface area contributed by atoms with E-state index in [4.69, 9.17) is 9.47 Å². The van der Waals surface area contributed by atoms with E-state index in [0.29, 0.717) is 23.5 Å². The first-order valence-electron chi connectivity index (χ1n) is 6.03. The summed E-state index contributed by atoms with van der Waals surface area (Å²) in [5, 5.41) is 0. The highest BCUT2D eigenvalue weighted by Crippen LogP contribution is 2.50. The van der Waals surface area contributed by atoms with Crippen LogP contribution in [0, 0.1) is 17.8 Å². The van der Waals surface area contributed by atoms with Gasteiger partial charge in [0.15, 0.2) is 5.79 Å². The Morgan fingerprint density at radius 1 is 1.27 bits per heavy atom. The zero-order valence-electron chi connectivity index (χ0n) is 9.20. The molecule has 0 bridgehead atoms. The number of fused-ring (bicyclic) bond motifs is 1. The first-order chi connectivity index (χ1) is 7.23. The maximum Gasteiger partial charge on any atom is 0.171 e. The zero-order valence-corrected chi connectivity index (χ0v) is 9.20. The Kier molecular flexibility index (Phi) is 2.15. The quantitative estimate of drug-likeness (QED) is 0.611. The highest BCUT2D eigenvalue weighted by molar-refractivity contribution is 5.83. The third-order valence-electron chi connectivity index (χ3n) is 4.57. The van der Waals surface area contributed by atoms with E-state index in [1.54, 1.807) is 0 Å². The van der Waals surface area contributed by atoms with Gasteiger partial charge in [0.05, 0.1) is 13.2 Å². The van der Waals surface area contributed by atoms with Crippen LogP contribution in [0.25, 0.3) is 0 Å². The fourth-order valence-corrected chi connectivity index (χ4v) is 3.70. The number of hydrogen-bond donors (Lipinski definition) is 0. The molecule has 84 valence electrons. The van der Waals surface area contributed by atoms with Crippen molar-refractivity contribution in [2.75, 3.05) is 13.2 Å². The van der Waals surface area contributed by atoms with Gasteiger partial charge in [-0.25, -0.2) is 0 Å². The molecule has 3 aliphatic rings. The summed E-state index contributed by atoms with van der Waals surface area (Å²) >= 11 is 0. The van der Waals surface area contributed by atoms with Crippen molar-refractivity contribution >= 4 is 5.78 Å². The molecule has 0 aromatic carbocycles. The summed E-state index contributed by atoms with van der Waals surface area (Å²) in [4.78, 5) is 11.7. The average molecular weight is 210 g/mol. The molecule has 3 atom stereocenters. The van der Waals surface area contributed by atoms with Crippen molar-refractivity contribution in [2.45, 2.75) is 38.4 Å². The lowest BCUT2D eigenvalue weighted by atomic mass is 9.71. The fourth-order valence-electron chi connectivity index (χ4n) is 3.70. The van der Waals surface area contributed by atoms with Crippen LogP contribution in [-0.2, 0) is 14.3 Å². The van der Waals surface area contributed by atoms with E-state index >= 15 is 0 Å². The standard InChI is InChI=1S/C12H18O3/c1-8-9-2-3-11(13)10(9)4-5-12(8)14-6-7-15-12/h8-10H,2-7H2,1H3. The summed E-state index contributed by atoms with van der Waals surface area (Å²) in [6.45, 7) is 3.63. The second-order valence-corrected chi connectivity index (χ2v) is 5.11. The Bertz CT molecular complexity index is 281. The largest absolute Gasteiger partial charge is 0.347 e. The minimum absolute atomic E-state index is 0.304. The Hall–Kier alpha value is -0.410. The van der Waals surface area contributed by atoms with Crippen LogP contribution < -0.4 is 0 Å². The van der Waals surface area contributed by atoms with E-state index < -0.39 is 0 Å². The number of ether oxygens (including phenoxy) is 2. The van der Waals surface area contributed by atoms with Crippen molar-refractivity contribution in [1.82, 2.24) is 0 Å². The molecule has 0 aromatic heterocycles. The van der Waals surface area contributed by atoms with Crippen molar-refractivity contribution in [3.05, 3.63) is 0 Å². The number of carbonyl (C=O) groups is 1. The minimum atomic E-state index is -0.341. The predicted octanol–water partition coefficient (Wildman–Crippen LogP) is 1.75. The molecule has 1 saturated heterocycles. The Balaban J connectivity index is 1.84. The van der Waals surface area contributed by atoms with Gasteiger partial charge in [-0.2, -0.15) is 0 Å². The van der Waals surface area contributed by atoms with Gasteiger partial charge in [-0.15, -0.1) is 0 Å². The maximum atomic E-state index is 11.7. The summed E-state index contributed by atoms with van der Waals surface area (Å²) < 4.78 is 11.6. The van der Waals surface area contributed by atoms with Crippen LogP contribution in [0.5, 0.6) is 0 Å². The summed E-state index contributed by atoms with van der Waals surface area (Å²) in [5.74, 6) is 1.32. The normalized spacial score (nSPS) is 43.5. The smallest absolute Gasteiger partial charge is 0.171 e. The summed E-state index contributed by atoms with van der Waals surface area (Å²) in [6, 6.07) is 0. The van der Waals surface area contributed by atoms with Crippen LogP contribution in [0.3, 0.4) is 0 Å². The molecule has 1 aliphatic heterocycles. The molecule has 3 unspecified atom stereocenters. The molecule has 1 spiro atoms. The highest BCUT2D eigenvalue weighted by atomic mass is 16.7. The number of hydrogen-bond acceptors (Lipinski definition) is 3. The van der Waals surface area contributed by atoms with Gasteiger partial charge < -0.3 is 9.47 Å². The molecule has 2 saturated carbocycles. The Labute approximate surface area is 90.1 Å². The molecular weight excluding hydrogens is 192 g/mol. The molecule has 2 aliphatic carbocycles. The SMILES string of the molecule is CC1C2CCC(=O)C2CCC12OCCO2. The third-order valence-corrected chi connectivity index (χ3v) is 4.57. The van der Waals surface area contributed by atoms with Crippen LogP contribution >= 0.6 is 0 Å². The first kappa shape index (κ1) is 9.79. The van der Waals surface area contributed by atoms with Crippen molar-refractivity contribution < 1.29 is 14.3 Å². The molecule has 0 amide bonds. The minimum Gasteiger partial charge on any atom is -0.347 e. The average Bonchev–Trinajstić information content (AvgIpc) is 2.82. The second-order valence-electron chi connectivity index (χ2n) is 5.11. The van der Waals surface area contributed by atoms with Gasteiger partial charge in [0, 0.05) is 24.7 Å². The van der Waals surface area contributed by atoms with Crippen LogP contribution in [0.15, 0.2) is 0 Å². The number of carbonyl (C=O) groups excluding carboxylic acids is 1. The monoisotopic (exact) mass is 210 g/mol. The van der Waals surface area contributed by atoms with Crippen LogP contribution in [0.1, 0.15) is 32.6 Å². The molecule has 3 rings (SSSR count). The Morgan fingerprint density at radius 3 is 2.73 bits per heavy atom. The van der Waals surface area contributed by atoms with Crippen LogP contribution in [0.4, 0.5) is 0 Å². The number of ketones is 1. The van der Waals surface area contributed by atoms with Crippen molar-refractivity contribution in [3.8, 4) is 0 Å². The lowest BCUT2D eigenvalue weighted by Crippen LogP contribution is -2.47. The second kappa shape index (κ2) is 3.29. The van der Waals surface area contributed by atoms with Gasteiger partial charge in [0.2, 0.25) is 0 Å². The van der Waals surface area contributed by atoms with Gasteiger partial charge in [-0.3, -0.25) is 4.79 Å². The molecule has 0 aromatic rings. The Morgan fingerprint density at radius 2 is 2.00 bits per heavy atom. The van der Waals surface area contributed by atoms with Gasteiger partial charge in [-0.1, -0.05) is 6.92 Å². The van der Waals surface area contributed by atoms with E-state index in [-0.39, 0.29) is 5.79 Å². The molecule has 3 nitrogen and oxygen atoms in total. The maximum absolute atomic E-state index is 11.7. The van der Waals surface area contributed by atoms with Crippen molar-refractivity contribution in [3.63, 3.8) is 0 Å². The summed E-state index contributed by atoms with van der Waals surface area (Å²) in [6.07, 6.45) is 3.68. The predicted molar refractivity (Wildman–Crippen MR) is 54.3 cm³/mol. The van der Waals surface area contributed by atoms with E-state index in [2.05, 4.69) is 6.92 Å². The van der Waals surface area contributed by atoms with E-state index in [9.17, 15) is 4.79 Å². The molecule has 3 fully saturated rings. The molecular formula is C12H18O3. The summed E-state index contributed by atoms with van der Waals surface area (Å²) in [7, 11) is 0. The lowest BCUT2D eigenvalue weighted by molar-refractivity contribution is -0.226.